The Kier molecular flexibility index (Phi) is 6.49. The predicted molar refractivity (Wildman–Crippen MR) is 68.5 cm³/mol. The van der Waals surface area contributed by atoms with Gasteiger partial charge in [-0.3, -0.25) is 4.79 Å². The van der Waals surface area contributed by atoms with Crippen LogP contribution in [0, 0.1) is 5.92 Å². The number of hydrogen-bond acceptors (Lipinski definition) is 3. The number of hydrogen-bond donors (Lipinski definition) is 4. The van der Waals surface area contributed by atoms with Crippen LogP contribution in [0.1, 0.15) is 32.6 Å². The maximum absolute atomic E-state index is 11.6. The topological polar surface area (TPSA) is 90.5 Å². The van der Waals surface area contributed by atoms with Crippen LogP contribution in [0.4, 0.5) is 4.79 Å². The van der Waals surface area contributed by atoms with E-state index in [-0.39, 0.29) is 12.1 Å². The molecule has 2 amide bonds. The van der Waals surface area contributed by atoms with Gasteiger partial charge < -0.3 is 21.1 Å². The molecule has 0 radical (unpaired) electrons. The lowest BCUT2D eigenvalue weighted by Crippen LogP contribution is -2.45. The van der Waals surface area contributed by atoms with Crippen molar-refractivity contribution in [3.05, 3.63) is 0 Å². The van der Waals surface area contributed by atoms with Crippen molar-refractivity contribution < 1.29 is 14.7 Å². The quantitative estimate of drug-likeness (QED) is 0.501. The van der Waals surface area contributed by atoms with Gasteiger partial charge in [0, 0.05) is 12.6 Å². The Morgan fingerprint density at radius 1 is 1.28 bits per heavy atom. The van der Waals surface area contributed by atoms with Crippen LogP contribution in [-0.2, 0) is 4.79 Å². The second kappa shape index (κ2) is 7.92. The first-order chi connectivity index (χ1) is 8.65. The van der Waals surface area contributed by atoms with Crippen molar-refractivity contribution in [3.63, 3.8) is 0 Å². The molecule has 1 aliphatic carbocycles. The lowest BCUT2D eigenvalue weighted by molar-refractivity contribution is -0.142. The van der Waals surface area contributed by atoms with E-state index in [2.05, 4.69) is 16.0 Å². The van der Waals surface area contributed by atoms with Crippen molar-refractivity contribution in [3.8, 4) is 0 Å². The third-order valence-electron chi connectivity index (χ3n) is 3.22. The maximum atomic E-state index is 11.6. The Labute approximate surface area is 108 Å². The highest BCUT2D eigenvalue weighted by Crippen LogP contribution is 2.25. The molecule has 1 rings (SSSR count). The average Bonchev–Trinajstić information content (AvgIpc) is 2.77. The van der Waals surface area contributed by atoms with Gasteiger partial charge in [0.2, 0.25) is 0 Å². The first kappa shape index (κ1) is 14.8. The van der Waals surface area contributed by atoms with Crippen LogP contribution in [0.2, 0.25) is 0 Å². The lowest BCUT2D eigenvalue weighted by atomic mass is 10.0. The summed E-state index contributed by atoms with van der Waals surface area (Å²) in [5, 5.41) is 17.7. The molecule has 0 spiro atoms. The van der Waals surface area contributed by atoms with Crippen molar-refractivity contribution in [1.82, 2.24) is 16.0 Å². The van der Waals surface area contributed by atoms with Crippen molar-refractivity contribution in [1.29, 1.82) is 0 Å². The van der Waals surface area contributed by atoms with E-state index < -0.39 is 11.9 Å². The normalized spacial score (nSPS) is 22.7. The molecule has 2 atom stereocenters. The fourth-order valence-electron chi connectivity index (χ4n) is 2.24. The molecule has 18 heavy (non-hydrogen) atoms. The SMILES string of the molecule is CCNCCCNC(=O)NC1CCCC1C(=O)O. The fourth-order valence-corrected chi connectivity index (χ4v) is 2.24. The van der Waals surface area contributed by atoms with Crippen LogP contribution in [0.5, 0.6) is 0 Å². The zero-order valence-electron chi connectivity index (χ0n) is 10.9. The summed E-state index contributed by atoms with van der Waals surface area (Å²) >= 11 is 0. The fraction of sp³-hybridized carbons (Fsp3) is 0.833. The molecule has 4 N–H and O–H groups in total. The zero-order chi connectivity index (χ0) is 13.4. The van der Waals surface area contributed by atoms with Gasteiger partial charge in [0.25, 0.3) is 0 Å². The molecule has 0 aromatic rings. The number of rotatable bonds is 7. The van der Waals surface area contributed by atoms with E-state index in [9.17, 15) is 9.59 Å². The van der Waals surface area contributed by atoms with Crippen LogP contribution in [-0.4, -0.2) is 42.8 Å². The van der Waals surface area contributed by atoms with Gasteiger partial charge in [-0.05, 0) is 32.4 Å². The molecule has 0 bridgehead atoms. The Morgan fingerprint density at radius 2 is 2.06 bits per heavy atom. The van der Waals surface area contributed by atoms with Crippen LogP contribution >= 0.6 is 0 Å². The van der Waals surface area contributed by atoms with Crippen molar-refractivity contribution in [2.24, 2.45) is 5.92 Å². The molecule has 0 aromatic heterocycles. The third kappa shape index (κ3) is 4.91. The molecule has 1 fully saturated rings. The van der Waals surface area contributed by atoms with E-state index in [1.165, 1.54) is 0 Å². The van der Waals surface area contributed by atoms with Gasteiger partial charge in [-0.15, -0.1) is 0 Å². The lowest BCUT2D eigenvalue weighted by Gasteiger charge is -2.17. The highest BCUT2D eigenvalue weighted by molar-refractivity contribution is 5.76. The monoisotopic (exact) mass is 257 g/mol. The third-order valence-corrected chi connectivity index (χ3v) is 3.22. The molecule has 6 nitrogen and oxygen atoms in total. The Balaban J connectivity index is 2.17. The van der Waals surface area contributed by atoms with E-state index in [0.29, 0.717) is 13.0 Å². The molecule has 0 heterocycles. The molecule has 0 aliphatic heterocycles. The number of aliphatic carboxylic acids is 1. The van der Waals surface area contributed by atoms with Crippen LogP contribution in [0.3, 0.4) is 0 Å². The van der Waals surface area contributed by atoms with E-state index in [1.807, 2.05) is 6.92 Å². The van der Waals surface area contributed by atoms with Gasteiger partial charge in [0.05, 0.1) is 5.92 Å². The smallest absolute Gasteiger partial charge is 0.315 e. The molecule has 1 saturated carbocycles. The molecule has 1 aliphatic rings. The molecular formula is C12H23N3O3. The van der Waals surface area contributed by atoms with Gasteiger partial charge in [-0.25, -0.2) is 4.79 Å². The van der Waals surface area contributed by atoms with Crippen LogP contribution < -0.4 is 16.0 Å². The van der Waals surface area contributed by atoms with E-state index in [0.717, 1.165) is 32.4 Å². The summed E-state index contributed by atoms with van der Waals surface area (Å²) in [4.78, 5) is 22.5. The highest BCUT2D eigenvalue weighted by Gasteiger charge is 2.33. The number of carboxylic acid groups (broad SMARTS) is 1. The Bertz CT molecular complexity index is 284. The molecule has 0 saturated heterocycles. The summed E-state index contributed by atoms with van der Waals surface area (Å²) in [5.41, 5.74) is 0. The summed E-state index contributed by atoms with van der Waals surface area (Å²) in [5.74, 6) is -1.25. The number of carbonyl (C=O) groups is 2. The van der Waals surface area contributed by atoms with E-state index in [1.54, 1.807) is 0 Å². The number of carboxylic acids is 1. The predicted octanol–water partition coefficient (Wildman–Crippen LogP) is 0.539. The molecule has 0 aromatic carbocycles. The van der Waals surface area contributed by atoms with Gasteiger partial charge in [0.1, 0.15) is 0 Å². The summed E-state index contributed by atoms with van der Waals surface area (Å²) in [6.45, 7) is 4.43. The van der Waals surface area contributed by atoms with Gasteiger partial charge in [-0.1, -0.05) is 13.3 Å². The van der Waals surface area contributed by atoms with E-state index >= 15 is 0 Å². The van der Waals surface area contributed by atoms with Gasteiger partial charge in [0.15, 0.2) is 0 Å². The second-order valence-electron chi connectivity index (χ2n) is 4.59. The minimum absolute atomic E-state index is 0.226. The molecule has 6 heteroatoms. The molecular weight excluding hydrogens is 234 g/mol. The minimum atomic E-state index is -0.815. The Morgan fingerprint density at radius 3 is 2.72 bits per heavy atom. The van der Waals surface area contributed by atoms with Crippen LogP contribution in [0.25, 0.3) is 0 Å². The maximum Gasteiger partial charge on any atom is 0.315 e. The minimum Gasteiger partial charge on any atom is -0.481 e. The Hall–Kier alpha value is -1.30. The number of nitrogens with one attached hydrogen (secondary N) is 3. The number of carbonyl (C=O) groups excluding carboxylic acids is 1. The number of amides is 2. The van der Waals surface area contributed by atoms with Gasteiger partial charge >= 0.3 is 12.0 Å². The van der Waals surface area contributed by atoms with Crippen LogP contribution in [0.15, 0.2) is 0 Å². The molecule has 2 unspecified atom stereocenters. The average molecular weight is 257 g/mol. The standard InChI is InChI=1S/C12H23N3O3/c1-2-13-7-4-8-14-12(18)15-10-6-3-5-9(10)11(16)17/h9-10,13H,2-8H2,1H3,(H,16,17)(H2,14,15,18). The summed E-state index contributed by atoms with van der Waals surface area (Å²) in [7, 11) is 0. The molecule has 104 valence electrons. The summed E-state index contributed by atoms with van der Waals surface area (Å²) in [6.07, 6.45) is 3.14. The number of urea groups is 1. The largest absolute Gasteiger partial charge is 0.481 e. The summed E-state index contributed by atoms with van der Waals surface area (Å²) in [6, 6.07) is -0.485. The van der Waals surface area contributed by atoms with Crippen molar-refractivity contribution in [2.45, 2.75) is 38.6 Å². The highest BCUT2D eigenvalue weighted by atomic mass is 16.4. The van der Waals surface area contributed by atoms with Gasteiger partial charge in [-0.2, -0.15) is 0 Å². The second-order valence-corrected chi connectivity index (χ2v) is 4.59. The summed E-state index contributed by atoms with van der Waals surface area (Å²) < 4.78 is 0. The zero-order valence-corrected chi connectivity index (χ0v) is 10.9. The first-order valence-electron chi connectivity index (χ1n) is 6.63. The first-order valence-corrected chi connectivity index (χ1v) is 6.63. The van der Waals surface area contributed by atoms with Crippen molar-refractivity contribution in [2.75, 3.05) is 19.6 Å². The van der Waals surface area contributed by atoms with E-state index in [4.69, 9.17) is 5.11 Å². The van der Waals surface area contributed by atoms with Crippen molar-refractivity contribution >= 4 is 12.0 Å².